The van der Waals surface area contributed by atoms with Gasteiger partial charge in [0.2, 0.25) is 0 Å². The summed E-state index contributed by atoms with van der Waals surface area (Å²) in [6, 6.07) is 5.40. The van der Waals surface area contributed by atoms with Gasteiger partial charge in [-0.3, -0.25) is 14.5 Å². The van der Waals surface area contributed by atoms with Crippen LogP contribution in [0, 0.1) is 0 Å². The second kappa shape index (κ2) is 9.51. The van der Waals surface area contributed by atoms with Crippen molar-refractivity contribution < 1.29 is 23.7 Å². The molecule has 4 aromatic heterocycles. The summed E-state index contributed by atoms with van der Waals surface area (Å²) in [6.07, 6.45) is 6.19. The Morgan fingerprint density at radius 2 is 2.12 bits per heavy atom. The Morgan fingerprint density at radius 3 is 2.84 bits per heavy atom. The van der Waals surface area contributed by atoms with Crippen LogP contribution in [0.4, 0.5) is 5.69 Å². The quantitative estimate of drug-likeness (QED) is 0.390. The average Bonchev–Trinajstić information content (AvgIpc) is 3.46. The van der Waals surface area contributed by atoms with Crippen LogP contribution in [-0.2, 0) is 22.9 Å². The molecular weight excluding hydrogens is 457 g/mol. The molecule has 0 aliphatic heterocycles. The van der Waals surface area contributed by atoms with Crippen LogP contribution in [-0.4, -0.2) is 35.4 Å². The highest BCUT2D eigenvalue weighted by Crippen LogP contribution is 2.28. The fourth-order valence-electron chi connectivity index (χ4n) is 2.64. The summed E-state index contributed by atoms with van der Waals surface area (Å²) < 4.78 is 17.5. The number of phosphoric acid groups is 1. The summed E-state index contributed by atoms with van der Waals surface area (Å²) in [4.78, 5) is 42.4. The van der Waals surface area contributed by atoms with E-state index in [1.54, 1.807) is 41.6 Å². The van der Waals surface area contributed by atoms with Gasteiger partial charge in [0.25, 0.3) is 5.91 Å². The zero-order valence-corrected chi connectivity index (χ0v) is 17.6. The number of pyridine rings is 1. The Hall–Kier alpha value is -3.22. The number of thiazole rings is 1. The Labute approximate surface area is 186 Å². The molecule has 14 heteroatoms. The van der Waals surface area contributed by atoms with Crippen molar-refractivity contribution in [2.45, 2.75) is 14.2 Å². The third-order valence-corrected chi connectivity index (χ3v) is 5.27. The summed E-state index contributed by atoms with van der Waals surface area (Å²) in [5.41, 5.74) is 2.36. The van der Waals surface area contributed by atoms with Gasteiger partial charge in [-0.25, -0.2) is 9.67 Å². The van der Waals surface area contributed by atoms with Crippen molar-refractivity contribution in [1.29, 1.82) is 0 Å². The second-order valence-electron chi connectivity index (χ2n) is 6.25. The van der Waals surface area contributed by atoms with Crippen LogP contribution < -0.4 is 15.1 Å². The molecule has 12 nitrogen and oxygen atoms in total. The zero-order valence-electron chi connectivity index (χ0n) is 15.9. The monoisotopic (exact) mass is 475 g/mol. The maximum atomic E-state index is 12.7. The van der Waals surface area contributed by atoms with Crippen molar-refractivity contribution in [3.8, 4) is 22.0 Å². The van der Waals surface area contributed by atoms with Gasteiger partial charge >= 0.3 is 0 Å². The number of carbonyl (C=O) groups is 1. The van der Waals surface area contributed by atoms with Crippen molar-refractivity contribution in [1.82, 2.24) is 29.5 Å². The number of anilines is 1. The van der Waals surface area contributed by atoms with Gasteiger partial charge in [0.1, 0.15) is 23.1 Å². The maximum absolute atomic E-state index is 12.7. The van der Waals surface area contributed by atoms with E-state index in [1.165, 1.54) is 23.7 Å². The highest BCUT2D eigenvalue weighted by Gasteiger charge is 2.18. The number of carbonyl (C=O) groups excluding carboxylic acids is 1. The molecule has 32 heavy (non-hydrogen) atoms. The zero-order chi connectivity index (χ0) is 22.0. The molecule has 0 aliphatic carbocycles. The van der Waals surface area contributed by atoms with Gasteiger partial charge in [-0.1, -0.05) is 13.5 Å². The Balaban J connectivity index is 0.00000289. The van der Waals surface area contributed by atoms with Crippen molar-refractivity contribution >= 4 is 30.8 Å². The summed E-state index contributed by atoms with van der Waals surface area (Å²) >= 11 is 1.21. The summed E-state index contributed by atoms with van der Waals surface area (Å²) in [7, 11) is -3.36. The van der Waals surface area contributed by atoms with Crippen molar-refractivity contribution in [2.75, 3.05) is 5.32 Å². The molecule has 0 atom stereocenters. The predicted octanol–water partition coefficient (Wildman–Crippen LogP) is 1.49. The third-order valence-electron chi connectivity index (χ3n) is 3.95. The van der Waals surface area contributed by atoms with Crippen LogP contribution in [0.2, 0.25) is 0 Å². The summed E-state index contributed by atoms with van der Waals surface area (Å²) in [5.74, 6) is -0.429. The maximum Gasteiger partial charge on any atom is 0.275 e. The predicted molar refractivity (Wildman–Crippen MR) is 113 cm³/mol. The first-order chi connectivity index (χ1) is 14.8. The first-order valence-corrected chi connectivity index (χ1v) is 11.0. The highest BCUT2D eigenvalue weighted by molar-refractivity contribution is 7.43. The Morgan fingerprint density at radius 1 is 1.31 bits per heavy atom. The van der Waals surface area contributed by atoms with E-state index in [2.05, 4.69) is 30.0 Å². The van der Waals surface area contributed by atoms with E-state index >= 15 is 0 Å². The van der Waals surface area contributed by atoms with Gasteiger partial charge in [0.05, 0.1) is 25.4 Å². The SMILES string of the molecule is C.Cn1cc(NC(=O)c2csc(-c3cnn(COP(=O)([O-])[O-])c3)n2)c(-c2ccccn2)n1. The lowest BCUT2D eigenvalue weighted by molar-refractivity contribution is -0.344. The van der Waals surface area contributed by atoms with E-state index < -0.39 is 20.5 Å². The van der Waals surface area contributed by atoms with Crippen LogP contribution in [0.25, 0.3) is 22.0 Å². The van der Waals surface area contributed by atoms with Crippen LogP contribution in [0.5, 0.6) is 0 Å². The topological polar surface area (TPSA) is 163 Å². The van der Waals surface area contributed by atoms with Gasteiger partial charge in [-0.2, -0.15) is 10.2 Å². The molecular formula is C18H18N7O5PS-2. The van der Waals surface area contributed by atoms with Crippen LogP contribution in [0.3, 0.4) is 0 Å². The summed E-state index contributed by atoms with van der Waals surface area (Å²) in [6.45, 7) is -0.541. The first-order valence-electron chi connectivity index (χ1n) is 8.70. The van der Waals surface area contributed by atoms with E-state index in [0.29, 0.717) is 27.6 Å². The van der Waals surface area contributed by atoms with Crippen molar-refractivity contribution in [3.63, 3.8) is 0 Å². The molecule has 0 bridgehead atoms. The molecule has 4 aromatic rings. The van der Waals surface area contributed by atoms with E-state index in [1.807, 2.05) is 6.07 Å². The number of nitrogens with zero attached hydrogens (tertiary/aromatic N) is 6. The molecule has 0 saturated heterocycles. The number of aromatic nitrogens is 6. The number of rotatable bonds is 7. The molecule has 0 radical (unpaired) electrons. The molecule has 168 valence electrons. The molecule has 0 fully saturated rings. The van der Waals surface area contributed by atoms with Crippen molar-refractivity contribution in [3.05, 3.63) is 54.1 Å². The number of amides is 1. The van der Waals surface area contributed by atoms with Gasteiger partial charge in [-0.05, 0) is 12.1 Å². The van der Waals surface area contributed by atoms with Crippen LogP contribution in [0.15, 0.2) is 48.4 Å². The third kappa shape index (κ3) is 5.52. The fourth-order valence-corrected chi connectivity index (χ4v) is 3.68. The van der Waals surface area contributed by atoms with E-state index in [-0.39, 0.29) is 13.1 Å². The minimum Gasteiger partial charge on any atom is -0.790 e. The number of hydrogen-bond donors (Lipinski definition) is 1. The normalized spacial score (nSPS) is 11.2. The van der Waals surface area contributed by atoms with Crippen molar-refractivity contribution in [2.24, 2.45) is 7.05 Å². The van der Waals surface area contributed by atoms with Crippen LogP contribution in [0.1, 0.15) is 17.9 Å². The minimum absolute atomic E-state index is 0. The summed E-state index contributed by atoms with van der Waals surface area (Å²) in [5, 5.41) is 13.1. The average molecular weight is 475 g/mol. The highest BCUT2D eigenvalue weighted by atomic mass is 32.1. The Kier molecular flexibility index (Phi) is 6.96. The van der Waals surface area contributed by atoms with Crippen LogP contribution >= 0.6 is 19.2 Å². The number of nitrogens with one attached hydrogen (secondary N) is 1. The molecule has 4 heterocycles. The van der Waals surface area contributed by atoms with E-state index in [4.69, 9.17) is 0 Å². The fraction of sp³-hybridized carbons (Fsp3) is 0.167. The minimum atomic E-state index is -5.10. The molecule has 0 spiro atoms. The molecule has 0 aliphatic rings. The first kappa shape index (κ1) is 23.4. The van der Waals surface area contributed by atoms with Gasteiger partial charge in [-0.15, -0.1) is 11.3 Å². The van der Waals surface area contributed by atoms with Gasteiger partial charge < -0.3 is 24.2 Å². The second-order valence-corrected chi connectivity index (χ2v) is 8.26. The van der Waals surface area contributed by atoms with E-state index in [9.17, 15) is 19.1 Å². The lowest BCUT2D eigenvalue weighted by atomic mass is 10.2. The standard InChI is InChI=1S/C17H16N7O5PS.CH4/c1-23-8-13(15(22-23)12-4-2-3-5-18-12)20-16(25)14-9-31-17(21-14)11-6-19-24(7-11)10-29-30(26,27)28;/h2-9H,10H2,1H3,(H,20,25)(H2,26,27,28);1H4/p-2. The number of aryl methyl sites for hydroxylation is 1. The lowest BCUT2D eigenvalue weighted by Gasteiger charge is -2.28. The van der Waals surface area contributed by atoms with Gasteiger partial charge in [0, 0.05) is 36.6 Å². The molecule has 1 amide bonds. The van der Waals surface area contributed by atoms with E-state index in [0.717, 1.165) is 4.68 Å². The molecule has 0 aromatic carbocycles. The number of hydrogen-bond acceptors (Lipinski definition) is 10. The number of phosphoric ester groups is 1. The molecule has 0 saturated carbocycles. The molecule has 0 unspecified atom stereocenters. The molecule has 1 N–H and O–H groups in total. The molecule has 4 rings (SSSR count). The van der Waals surface area contributed by atoms with Gasteiger partial charge in [0.15, 0.2) is 0 Å². The lowest BCUT2D eigenvalue weighted by Crippen LogP contribution is -2.18. The Bertz CT molecular complexity index is 1260. The smallest absolute Gasteiger partial charge is 0.275 e. The largest absolute Gasteiger partial charge is 0.790 e.